The number of benzene rings is 1. The molecule has 1 aliphatic carbocycles. The van der Waals surface area contributed by atoms with Gasteiger partial charge >= 0.3 is 6.61 Å². The molecule has 1 saturated heterocycles. The lowest BCUT2D eigenvalue weighted by Crippen LogP contribution is -2.36. The summed E-state index contributed by atoms with van der Waals surface area (Å²) in [4.78, 5) is 40.0. The molecule has 0 aromatic heterocycles. The molecule has 2 atom stereocenters. The molecule has 3 amide bonds. The molecule has 28 heavy (non-hydrogen) atoms. The third-order valence-electron chi connectivity index (χ3n) is 5.48. The smallest absolute Gasteiger partial charge is 0.387 e. The van der Waals surface area contributed by atoms with Crippen molar-refractivity contribution in [3.8, 4) is 5.75 Å². The number of amides is 3. The summed E-state index contributed by atoms with van der Waals surface area (Å²) in [6.07, 6.45) is 3.52. The van der Waals surface area contributed by atoms with Gasteiger partial charge in [-0.15, -0.1) is 0 Å². The Hall–Kier alpha value is -2.51. The number of carbonyl (C=O) groups excluding carboxylic acids is 3. The zero-order chi connectivity index (χ0) is 20.3. The van der Waals surface area contributed by atoms with Crippen LogP contribution in [0.3, 0.4) is 0 Å². The third-order valence-corrected chi connectivity index (χ3v) is 5.48. The van der Waals surface area contributed by atoms with Crippen molar-refractivity contribution in [3.05, 3.63) is 29.8 Å². The molecule has 2 unspecified atom stereocenters. The van der Waals surface area contributed by atoms with Gasteiger partial charge in [-0.3, -0.25) is 19.3 Å². The summed E-state index contributed by atoms with van der Waals surface area (Å²) in [6.45, 7) is -2.48. The molecule has 0 N–H and O–H groups in total. The van der Waals surface area contributed by atoms with E-state index in [1.165, 1.54) is 21.9 Å². The Morgan fingerprint density at radius 3 is 2.25 bits per heavy atom. The van der Waals surface area contributed by atoms with E-state index in [0.29, 0.717) is 6.54 Å². The Morgan fingerprint density at radius 2 is 1.71 bits per heavy atom. The molecule has 1 aromatic rings. The van der Waals surface area contributed by atoms with Gasteiger partial charge in [0.2, 0.25) is 17.7 Å². The van der Waals surface area contributed by atoms with Gasteiger partial charge < -0.3 is 9.64 Å². The molecular formula is C20H24F2N2O4. The Bertz CT molecular complexity index is 714. The Morgan fingerprint density at radius 1 is 1.14 bits per heavy atom. The highest BCUT2D eigenvalue weighted by Gasteiger charge is 2.47. The first-order valence-electron chi connectivity index (χ1n) is 9.49. The second-order valence-corrected chi connectivity index (χ2v) is 7.35. The average molecular weight is 394 g/mol. The first-order valence-corrected chi connectivity index (χ1v) is 9.49. The van der Waals surface area contributed by atoms with Crippen LogP contribution in [0.2, 0.25) is 0 Å². The first kappa shape index (κ1) is 20.2. The number of carbonyl (C=O) groups is 3. The van der Waals surface area contributed by atoms with E-state index in [4.69, 9.17) is 0 Å². The van der Waals surface area contributed by atoms with Gasteiger partial charge in [-0.2, -0.15) is 8.78 Å². The predicted molar refractivity (Wildman–Crippen MR) is 96.3 cm³/mol. The van der Waals surface area contributed by atoms with Crippen LogP contribution in [0, 0.1) is 11.8 Å². The highest BCUT2D eigenvalue weighted by Crippen LogP contribution is 2.38. The molecule has 8 heteroatoms. The lowest BCUT2D eigenvalue weighted by atomic mass is 9.81. The van der Waals surface area contributed by atoms with Crippen LogP contribution in [-0.4, -0.2) is 47.7 Å². The molecule has 1 aromatic carbocycles. The maximum absolute atomic E-state index is 12.4. The minimum absolute atomic E-state index is 0.0558. The second-order valence-electron chi connectivity index (χ2n) is 7.35. The normalized spacial score (nSPS) is 21.8. The fraction of sp³-hybridized carbons (Fsp3) is 0.550. The van der Waals surface area contributed by atoms with E-state index in [9.17, 15) is 23.2 Å². The number of hydrogen-bond donors (Lipinski definition) is 0. The van der Waals surface area contributed by atoms with Gasteiger partial charge in [-0.25, -0.2) is 0 Å². The predicted octanol–water partition coefficient (Wildman–Crippen LogP) is 2.81. The third kappa shape index (κ3) is 4.48. The Labute approximate surface area is 162 Å². The van der Waals surface area contributed by atoms with Gasteiger partial charge in [-0.05, 0) is 30.5 Å². The SMILES string of the molecule is CN(Cc1ccc(OC(F)F)cc1)C(=O)CCN1C(=O)C2CCCCC2C1=O. The number of fused-ring (bicyclic) bond motifs is 1. The van der Waals surface area contributed by atoms with Crippen LogP contribution in [-0.2, 0) is 20.9 Å². The summed E-state index contributed by atoms with van der Waals surface area (Å²) >= 11 is 0. The number of halogens is 2. The number of alkyl halides is 2. The van der Waals surface area contributed by atoms with E-state index in [1.54, 1.807) is 19.2 Å². The van der Waals surface area contributed by atoms with E-state index in [0.717, 1.165) is 31.2 Å². The van der Waals surface area contributed by atoms with Crippen LogP contribution >= 0.6 is 0 Å². The second kappa shape index (κ2) is 8.67. The lowest BCUT2D eigenvalue weighted by molar-refractivity contribution is -0.140. The lowest BCUT2D eigenvalue weighted by Gasteiger charge is -2.20. The van der Waals surface area contributed by atoms with Crippen molar-refractivity contribution < 1.29 is 27.9 Å². The molecule has 2 aliphatic rings. The number of nitrogens with zero attached hydrogens (tertiary/aromatic N) is 2. The molecule has 0 radical (unpaired) electrons. The van der Waals surface area contributed by atoms with Gasteiger partial charge in [0.1, 0.15) is 5.75 Å². The van der Waals surface area contributed by atoms with E-state index in [1.807, 2.05) is 0 Å². The molecule has 1 saturated carbocycles. The van der Waals surface area contributed by atoms with Gasteiger partial charge in [0.15, 0.2) is 0 Å². The van der Waals surface area contributed by atoms with Crippen molar-refractivity contribution in [3.63, 3.8) is 0 Å². The van der Waals surface area contributed by atoms with Crippen LogP contribution in [0.1, 0.15) is 37.7 Å². The highest BCUT2D eigenvalue weighted by atomic mass is 19.3. The van der Waals surface area contributed by atoms with E-state index in [2.05, 4.69) is 4.74 Å². The molecule has 2 fully saturated rings. The summed E-state index contributed by atoms with van der Waals surface area (Å²) in [5.41, 5.74) is 0.761. The van der Waals surface area contributed by atoms with Crippen LogP contribution in [0.4, 0.5) is 8.78 Å². The molecule has 1 heterocycles. The van der Waals surface area contributed by atoms with Crippen LogP contribution in [0.25, 0.3) is 0 Å². The summed E-state index contributed by atoms with van der Waals surface area (Å²) in [7, 11) is 1.62. The summed E-state index contributed by atoms with van der Waals surface area (Å²) in [6, 6.07) is 6.06. The number of imide groups is 1. The fourth-order valence-corrected chi connectivity index (χ4v) is 3.99. The van der Waals surface area contributed by atoms with Crippen LogP contribution < -0.4 is 4.74 Å². The molecule has 152 valence electrons. The van der Waals surface area contributed by atoms with Crippen molar-refractivity contribution in [2.75, 3.05) is 13.6 Å². The number of hydrogen-bond acceptors (Lipinski definition) is 4. The number of likely N-dealkylation sites (tertiary alicyclic amines) is 1. The van der Waals surface area contributed by atoms with Crippen molar-refractivity contribution in [1.29, 1.82) is 0 Å². The zero-order valence-corrected chi connectivity index (χ0v) is 15.8. The topological polar surface area (TPSA) is 66.9 Å². The van der Waals surface area contributed by atoms with Crippen molar-refractivity contribution in [1.82, 2.24) is 9.80 Å². The van der Waals surface area contributed by atoms with Gasteiger partial charge in [0.05, 0.1) is 11.8 Å². The summed E-state index contributed by atoms with van der Waals surface area (Å²) < 4.78 is 28.6. The van der Waals surface area contributed by atoms with Crippen molar-refractivity contribution >= 4 is 17.7 Å². The van der Waals surface area contributed by atoms with Gasteiger partial charge in [0, 0.05) is 26.6 Å². The minimum atomic E-state index is -2.88. The standard InChI is InChI=1S/C20H24F2N2O4/c1-23(12-13-6-8-14(9-7-13)28-20(21)22)17(25)10-11-24-18(26)15-4-2-3-5-16(15)19(24)27/h6-9,15-16,20H,2-5,10-12H2,1H3. The van der Waals surface area contributed by atoms with Gasteiger partial charge in [-0.1, -0.05) is 25.0 Å². The minimum Gasteiger partial charge on any atom is -0.435 e. The van der Waals surface area contributed by atoms with Crippen molar-refractivity contribution in [2.24, 2.45) is 11.8 Å². The Balaban J connectivity index is 1.50. The number of ether oxygens (including phenoxy) is 1. The quantitative estimate of drug-likeness (QED) is 0.667. The van der Waals surface area contributed by atoms with E-state index >= 15 is 0 Å². The maximum Gasteiger partial charge on any atom is 0.387 e. The van der Waals surface area contributed by atoms with Gasteiger partial charge in [0.25, 0.3) is 0 Å². The van der Waals surface area contributed by atoms with Crippen LogP contribution in [0.5, 0.6) is 5.75 Å². The monoisotopic (exact) mass is 394 g/mol. The highest BCUT2D eigenvalue weighted by molar-refractivity contribution is 6.05. The summed E-state index contributed by atoms with van der Waals surface area (Å²) in [5.74, 6) is -0.825. The van der Waals surface area contributed by atoms with E-state index < -0.39 is 6.61 Å². The molecular weight excluding hydrogens is 370 g/mol. The fourth-order valence-electron chi connectivity index (χ4n) is 3.99. The van der Waals surface area contributed by atoms with Crippen molar-refractivity contribution in [2.45, 2.75) is 45.3 Å². The van der Waals surface area contributed by atoms with Crippen LogP contribution in [0.15, 0.2) is 24.3 Å². The maximum atomic E-state index is 12.4. The summed E-state index contributed by atoms with van der Waals surface area (Å²) in [5, 5.41) is 0. The molecule has 1 aliphatic heterocycles. The van der Waals surface area contributed by atoms with E-state index in [-0.39, 0.29) is 48.3 Å². The largest absolute Gasteiger partial charge is 0.435 e. The zero-order valence-electron chi connectivity index (χ0n) is 15.8. The Kier molecular flexibility index (Phi) is 6.26. The number of rotatable bonds is 7. The molecule has 0 bridgehead atoms. The first-order chi connectivity index (χ1) is 13.4. The molecule has 6 nitrogen and oxygen atoms in total. The average Bonchev–Trinajstić information content (AvgIpc) is 2.92. The molecule has 3 rings (SSSR count). The molecule has 0 spiro atoms.